The molecule has 1 aromatic carbocycles. The molecule has 0 aliphatic carbocycles. The molecule has 2 rings (SSSR count). The van der Waals surface area contributed by atoms with Crippen LogP contribution in [-0.4, -0.2) is 32.1 Å². The third-order valence-corrected chi connectivity index (χ3v) is 4.17. The number of ether oxygens (including phenoxy) is 1. The van der Waals surface area contributed by atoms with Gasteiger partial charge >= 0.3 is 0 Å². The van der Waals surface area contributed by atoms with Gasteiger partial charge in [-0.25, -0.2) is 0 Å². The molecule has 1 saturated heterocycles. The van der Waals surface area contributed by atoms with Crippen LogP contribution in [0.4, 0.5) is 0 Å². The molecule has 1 aliphatic heterocycles. The first-order valence-electron chi connectivity index (χ1n) is 6.41. The van der Waals surface area contributed by atoms with Gasteiger partial charge < -0.3 is 10.5 Å². The fourth-order valence-electron chi connectivity index (χ4n) is 2.94. The molecule has 1 aliphatic rings. The Balaban J connectivity index is 2.44. The highest BCUT2D eigenvalue weighted by molar-refractivity contribution is 6.31. The van der Waals surface area contributed by atoms with Gasteiger partial charge in [-0.2, -0.15) is 0 Å². The first-order valence-corrected chi connectivity index (χ1v) is 6.79. The van der Waals surface area contributed by atoms with Gasteiger partial charge in [0, 0.05) is 16.6 Å². The van der Waals surface area contributed by atoms with E-state index in [-0.39, 0.29) is 6.04 Å². The lowest BCUT2D eigenvalue weighted by Crippen LogP contribution is -2.39. The maximum Gasteiger partial charge on any atom is 0.125 e. The average Bonchev–Trinajstić information content (AvgIpc) is 2.38. The van der Waals surface area contributed by atoms with Crippen LogP contribution in [0.3, 0.4) is 0 Å². The normalized spacial score (nSPS) is 25.1. The quantitative estimate of drug-likeness (QED) is 0.916. The highest BCUT2D eigenvalue weighted by atomic mass is 35.5. The van der Waals surface area contributed by atoms with E-state index >= 15 is 0 Å². The van der Waals surface area contributed by atoms with E-state index in [1.807, 2.05) is 18.2 Å². The van der Waals surface area contributed by atoms with Crippen LogP contribution in [0.25, 0.3) is 0 Å². The van der Waals surface area contributed by atoms with Gasteiger partial charge in [-0.05, 0) is 51.0 Å². The van der Waals surface area contributed by atoms with Crippen molar-refractivity contribution in [2.45, 2.75) is 18.9 Å². The van der Waals surface area contributed by atoms with Crippen LogP contribution in [0.1, 0.15) is 24.4 Å². The molecule has 0 radical (unpaired) electrons. The Bertz CT molecular complexity index is 411. The van der Waals surface area contributed by atoms with Crippen LogP contribution in [-0.2, 0) is 0 Å². The van der Waals surface area contributed by atoms with E-state index in [0.717, 1.165) is 29.3 Å². The van der Waals surface area contributed by atoms with E-state index in [9.17, 15) is 0 Å². The van der Waals surface area contributed by atoms with Crippen molar-refractivity contribution in [2.75, 3.05) is 27.2 Å². The molecule has 100 valence electrons. The van der Waals surface area contributed by atoms with Crippen molar-refractivity contribution in [2.24, 2.45) is 11.7 Å². The number of hydrogen-bond donors (Lipinski definition) is 1. The lowest BCUT2D eigenvalue weighted by Gasteiger charge is -2.40. The van der Waals surface area contributed by atoms with Gasteiger partial charge in [-0.15, -0.1) is 0 Å². The Morgan fingerprint density at radius 1 is 1.50 bits per heavy atom. The van der Waals surface area contributed by atoms with E-state index in [1.54, 1.807) is 7.11 Å². The van der Waals surface area contributed by atoms with Crippen molar-refractivity contribution in [3.05, 3.63) is 28.8 Å². The highest BCUT2D eigenvalue weighted by Gasteiger charge is 2.32. The molecule has 0 amide bonds. The molecule has 1 heterocycles. The van der Waals surface area contributed by atoms with Crippen molar-refractivity contribution in [3.63, 3.8) is 0 Å². The lowest BCUT2D eigenvalue weighted by atomic mass is 9.84. The minimum Gasteiger partial charge on any atom is -0.496 e. The summed E-state index contributed by atoms with van der Waals surface area (Å²) in [7, 11) is 3.82. The number of methoxy groups -OCH3 is 1. The number of benzene rings is 1. The van der Waals surface area contributed by atoms with Crippen molar-refractivity contribution >= 4 is 11.6 Å². The topological polar surface area (TPSA) is 38.5 Å². The van der Waals surface area contributed by atoms with Gasteiger partial charge in [-0.1, -0.05) is 17.7 Å². The Kier molecular flexibility index (Phi) is 4.49. The number of hydrogen-bond acceptors (Lipinski definition) is 3. The number of nitrogens with two attached hydrogens (primary N) is 1. The van der Waals surface area contributed by atoms with Gasteiger partial charge in [0.2, 0.25) is 0 Å². The molecular weight excluding hydrogens is 248 g/mol. The van der Waals surface area contributed by atoms with Crippen molar-refractivity contribution in [3.8, 4) is 5.75 Å². The molecule has 1 fully saturated rings. The monoisotopic (exact) mass is 268 g/mol. The molecule has 3 nitrogen and oxygen atoms in total. The summed E-state index contributed by atoms with van der Waals surface area (Å²) < 4.78 is 5.47. The van der Waals surface area contributed by atoms with Gasteiger partial charge in [0.05, 0.1) is 7.11 Å². The number of likely N-dealkylation sites (tertiary alicyclic amines) is 1. The highest BCUT2D eigenvalue weighted by Crippen LogP contribution is 2.42. The van der Waals surface area contributed by atoms with Crippen molar-refractivity contribution in [1.29, 1.82) is 0 Å². The molecule has 0 saturated carbocycles. The van der Waals surface area contributed by atoms with Crippen molar-refractivity contribution in [1.82, 2.24) is 4.90 Å². The van der Waals surface area contributed by atoms with Gasteiger partial charge in [0.1, 0.15) is 5.75 Å². The third-order valence-electron chi connectivity index (χ3n) is 3.84. The molecule has 2 unspecified atom stereocenters. The molecule has 0 bridgehead atoms. The summed E-state index contributed by atoms with van der Waals surface area (Å²) in [6, 6.07) is 6.07. The smallest absolute Gasteiger partial charge is 0.125 e. The number of piperidine rings is 1. The summed E-state index contributed by atoms with van der Waals surface area (Å²) in [6.07, 6.45) is 2.35. The fourth-order valence-corrected chi connectivity index (χ4v) is 3.22. The zero-order chi connectivity index (χ0) is 13.1. The molecular formula is C14H21ClN2O. The van der Waals surface area contributed by atoms with Crippen LogP contribution < -0.4 is 10.5 Å². The largest absolute Gasteiger partial charge is 0.496 e. The zero-order valence-electron chi connectivity index (χ0n) is 11.0. The van der Waals surface area contributed by atoms with E-state index in [1.165, 1.54) is 6.42 Å². The standard InChI is InChI=1S/C14H21ClN2O/c1-17-8-4-5-10(9-16)14(17)13-11(15)6-3-7-12(13)18-2/h3,6-7,10,14H,4-5,8-9,16H2,1-2H3. The number of rotatable bonds is 3. The van der Waals surface area contributed by atoms with E-state index < -0.39 is 0 Å². The first-order chi connectivity index (χ1) is 8.69. The summed E-state index contributed by atoms with van der Waals surface area (Å²) in [5, 5.41) is 0.770. The summed E-state index contributed by atoms with van der Waals surface area (Å²) in [5.41, 5.74) is 7.01. The van der Waals surface area contributed by atoms with Crippen molar-refractivity contribution < 1.29 is 4.74 Å². The predicted octanol–water partition coefficient (Wildman–Crippen LogP) is 2.69. The summed E-state index contributed by atoms with van der Waals surface area (Å²) in [4.78, 5) is 2.34. The van der Waals surface area contributed by atoms with Gasteiger partial charge in [0.15, 0.2) is 0 Å². The lowest BCUT2D eigenvalue weighted by molar-refractivity contribution is 0.123. The molecule has 2 atom stereocenters. The second kappa shape index (κ2) is 5.91. The Hall–Kier alpha value is -0.770. The van der Waals surface area contributed by atoms with Gasteiger partial charge in [-0.3, -0.25) is 4.90 Å². The van der Waals surface area contributed by atoms with E-state index in [4.69, 9.17) is 22.1 Å². The van der Waals surface area contributed by atoms with Crippen LogP contribution in [0.15, 0.2) is 18.2 Å². The molecule has 18 heavy (non-hydrogen) atoms. The number of halogens is 1. The minimum atomic E-state index is 0.257. The average molecular weight is 269 g/mol. The fraction of sp³-hybridized carbons (Fsp3) is 0.571. The van der Waals surface area contributed by atoms with E-state index in [2.05, 4.69) is 11.9 Å². The molecule has 2 N–H and O–H groups in total. The summed E-state index contributed by atoms with van der Waals surface area (Å²) >= 11 is 6.38. The number of nitrogens with zero attached hydrogens (tertiary/aromatic N) is 1. The molecule has 0 spiro atoms. The molecule has 0 aromatic heterocycles. The zero-order valence-corrected chi connectivity index (χ0v) is 11.8. The van der Waals surface area contributed by atoms with Gasteiger partial charge in [0.25, 0.3) is 0 Å². The van der Waals surface area contributed by atoms with Crippen LogP contribution in [0, 0.1) is 5.92 Å². The predicted molar refractivity (Wildman–Crippen MR) is 75.2 cm³/mol. The van der Waals surface area contributed by atoms with Crippen LogP contribution in [0.2, 0.25) is 5.02 Å². The minimum absolute atomic E-state index is 0.257. The second-order valence-corrected chi connectivity index (χ2v) is 5.33. The summed E-state index contributed by atoms with van der Waals surface area (Å²) in [5.74, 6) is 1.30. The SMILES string of the molecule is COc1cccc(Cl)c1C1C(CN)CCCN1C. The Morgan fingerprint density at radius 2 is 2.28 bits per heavy atom. The van der Waals surface area contributed by atoms with E-state index in [0.29, 0.717) is 12.5 Å². The van der Waals surface area contributed by atoms with Crippen LogP contribution in [0.5, 0.6) is 5.75 Å². The first kappa shape index (κ1) is 13.7. The molecule has 4 heteroatoms. The Morgan fingerprint density at radius 3 is 2.94 bits per heavy atom. The Labute approximate surface area is 114 Å². The maximum atomic E-state index is 6.38. The second-order valence-electron chi connectivity index (χ2n) is 4.92. The summed E-state index contributed by atoms with van der Waals surface area (Å²) in [6.45, 7) is 1.76. The molecule has 1 aromatic rings. The maximum absolute atomic E-state index is 6.38. The van der Waals surface area contributed by atoms with Crippen LogP contribution >= 0.6 is 11.6 Å². The third kappa shape index (κ3) is 2.48.